The maximum atomic E-state index is 12.3. The summed E-state index contributed by atoms with van der Waals surface area (Å²) in [4.78, 5) is 33.4. The molecule has 8 nitrogen and oxygen atoms in total. The van der Waals surface area contributed by atoms with Crippen LogP contribution in [0.15, 0.2) is 28.1 Å². The Hall–Kier alpha value is -3.20. The van der Waals surface area contributed by atoms with Gasteiger partial charge in [-0.3, -0.25) is 9.59 Å². The third-order valence-electron chi connectivity index (χ3n) is 4.56. The molecule has 3 rings (SSSR count). The molecule has 0 aliphatic carbocycles. The molecule has 0 saturated heterocycles. The van der Waals surface area contributed by atoms with Crippen LogP contribution in [0.4, 0.5) is 0 Å². The highest BCUT2D eigenvalue weighted by Gasteiger charge is 2.14. The van der Waals surface area contributed by atoms with E-state index in [-0.39, 0.29) is 17.9 Å². The largest absolute Gasteiger partial charge is 0.497 e. The van der Waals surface area contributed by atoms with E-state index in [1.54, 1.807) is 39.3 Å². The monoisotopic (exact) mass is 414 g/mol. The maximum absolute atomic E-state index is 12.3. The van der Waals surface area contributed by atoms with Crippen LogP contribution in [-0.4, -0.2) is 35.8 Å². The molecule has 2 heterocycles. The van der Waals surface area contributed by atoms with Crippen molar-refractivity contribution in [3.63, 3.8) is 0 Å². The Morgan fingerprint density at radius 2 is 2.03 bits per heavy atom. The third kappa shape index (κ3) is 4.29. The van der Waals surface area contributed by atoms with E-state index in [2.05, 4.69) is 20.5 Å². The topological polar surface area (TPSA) is 106 Å². The summed E-state index contributed by atoms with van der Waals surface area (Å²) in [5, 5.41) is 4.72. The number of nitrogens with one attached hydrogen (secondary N) is 2. The number of carbonyl (C=O) groups excluding carboxylic acids is 1. The molecule has 2 aromatic heterocycles. The summed E-state index contributed by atoms with van der Waals surface area (Å²) in [6.07, 6.45) is -0.0856. The van der Waals surface area contributed by atoms with Gasteiger partial charge < -0.3 is 14.5 Å². The van der Waals surface area contributed by atoms with Crippen molar-refractivity contribution in [3.8, 4) is 11.5 Å². The van der Waals surface area contributed by atoms with E-state index in [0.29, 0.717) is 33.3 Å². The molecule has 2 N–H and O–H groups in total. The second-order valence-corrected chi connectivity index (χ2v) is 7.65. The summed E-state index contributed by atoms with van der Waals surface area (Å²) < 4.78 is 10.5. The predicted octanol–water partition coefficient (Wildman–Crippen LogP) is 2.70. The average Bonchev–Trinajstić information content (AvgIpc) is 2.99. The number of aromatic amines is 1. The highest BCUT2D eigenvalue weighted by molar-refractivity contribution is 7.18. The van der Waals surface area contributed by atoms with Crippen molar-refractivity contribution in [3.05, 3.63) is 50.4 Å². The van der Waals surface area contributed by atoms with Crippen LogP contribution in [0.25, 0.3) is 10.2 Å². The lowest BCUT2D eigenvalue weighted by atomic mass is 10.1. The van der Waals surface area contributed by atoms with Crippen LogP contribution >= 0.6 is 11.3 Å². The predicted molar refractivity (Wildman–Crippen MR) is 113 cm³/mol. The first kappa shape index (κ1) is 20.5. The van der Waals surface area contributed by atoms with Crippen LogP contribution in [0.5, 0.6) is 11.5 Å². The molecule has 9 heteroatoms. The second kappa shape index (κ2) is 8.44. The molecule has 0 bridgehead atoms. The molecular weight excluding hydrogens is 392 g/mol. The normalized spacial score (nSPS) is 11.6. The number of thiophene rings is 1. The number of hydrazone groups is 1. The fourth-order valence-corrected chi connectivity index (χ4v) is 3.93. The first-order valence-corrected chi connectivity index (χ1v) is 9.70. The van der Waals surface area contributed by atoms with Crippen molar-refractivity contribution >= 4 is 33.2 Å². The van der Waals surface area contributed by atoms with E-state index in [1.165, 1.54) is 11.3 Å². The molecule has 0 atom stereocenters. The zero-order chi connectivity index (χ0) is 21.1. The van der Waals surface area contributed by atoms with Gasteiger partial charge in [0.1, 0.15) is 22.2 Å². The number of ether oxygens (including phenoxy) is 2. The molecule has 29 heavy (non-hydrogen) atoms. The number of nitrogens with zero attached hydrogens (tertiary/aromatic N) is 2. The first-order valence-electron chi connectivity index (χ1n) is 8.88. The van der Waals surface area contributed by atoms with Gasteiger partial charge in [-0.05, 0) is 38.5 Å². The third-order valence-corrected chi connectivity index (χ3v) is 5.66. The molecular formula is C20H22N4O4S. The van der Waals surface area contributed by atoms with Crippen LogP contribution in [0, 0.1) is 13.8 Å². The Kier molecular flexibility index (Phi) is 5.97. The van der Waals surface area contributed by atoms with Crippen LogP contribution in [-0.2, 0) is 11.2 Å². The van der Waals surface area contributed by atoms with Crippen LogP contribution in [0.2, 0.25) is 0 Å². The van der Waals surface area contributed by atoms with Crippen molar-refractivity contribution in [2.45, 2.75) is 27.2 Å². The first-order chi connectivity index (χ1) is 13.8. The number of amides is 1. The van der Waals surface area contributed by atoms with Gasteiger partial charge in [-0.1, -0.05) is 0 Å². The van der Waals surface area contributed by atoms with Crippen molar-refractivity contribution in [1.82, 2.24) is 15.4 Å². The Morgan fingerprint density at radius 3 is 2.72 bits per heavy atom. The molecule has 0 fully saturated rings. The lowest BCUT2D eigenvalue weighted by Gasteiger charge is -2.10. The summed E-state index contributed by atoms with van der Waals surface area (Å²) in [6, 6.07) is 5.33. The average molecular weight is 414 g/mol. The number of aryl methyl sites for hydroxylation is 2. The molecule has 0 unspecified atom stereocenters. The lowest BCUT2D eigenvalue weighted by Crippen LogP contribution is -2.24. The number of rotatable bonds is 6. The Labute approximate surface area is 171 Å². The van der Waals surface area contributed by atoms with Gasteiger partial charge in [0.2, 0.25) is 5.91 Å². The molecule has 3 aromatic rings. The molecule has 0 radical (unpaired) electrons. The van der Waals surface area contributed by atoms with Crippen LogP contribution < -0.4 is 20.5 Å². The van der Waals surface area contributed by atoms with E-state index in [4.69, 9.17) is 9.47 Å². The van der Waals surface area contributed by atoms with Gasteiger partial charge in [0.25, 0.3) is 5.56 Å². The highest BCUT2D eigenvalue weighted by Crippen LogP contribution is 2.26. The van der Waals surface area contributed by atoms with E-state index in [1.807, 2.05) is 13.8 Å². The summed E-state index contributed by atoms with van der Waals surface area (Å²) in [6.45, 7) is 5.59. The number of H-pyrrole nitrogens is 1. The molecule has 0 spiro atoms. The zero-order valence-electron chi connectivity index (χ0n) is 16.9. The Bertz CT molecular complexity index is 1160. The van der Waals surface area contributed by atoms with Crippen LogP contribution in [0.3, 0.4) is 0 Å². The summed E-state index contributed by atoms with van der Waals surface area (Å²) in [5.41, 5.74) is 4.48. The highest BCUT2D eigenvalue weighted by atomic mass is 32.1. The van der Waals surface area contributed by atoms with Crippen molar-refractivity contribution in [1.29, 1.82) is 0 Å². The van der Waals surface area contributed by atoms with Crippen molar-refractivity contribution < 1.29 is 14.3 Å². The molecule has 0 aliphatic rings. The van der Waals surface area contributed by atoms with Gasteiger partial charge in [-0.2, -0.15) is 5.10 Å². The molecule has 1 amide bonds. The minimum atomic E-state index is -0.385. The number of hydrogen-bond donors (Lipinski definition) is 2. The minimum Gasteiger partial charge on any atom is -0.497 e. The summed E-state index contributed by atoms with van der Waals surface area (Å²) in [7, 11) is 3.13. The van der Waals surface area contributed by atoms with E-state index < -0.39 is 0 Å². The quantitative estimate of drug-likeness (QED) is 0.477. The van der Waals surface area contributed by atoms with E-state index in [0.717, 1.165) is 16.0 Å². The molecule has 152 valence electrons. The van der Waals surface area contributed by atoms with Gasteiger partial charge in [0, 0.05) is 16.5 Å². The van der Waals surface area contributed by atoms with Crippen molar-refractivity contribution in [2.75, 3.05) is 14.2 Å². The smallest absolute Gasteiger partial charge is 0.259 e. The molecule has 0 aliphatic heterocycles. The molecule has 0 saturated carbocycles. The number of hydrogen-bond acceptors (Lipinski definition) is 7. The standard InChI is InChI=1S/C20H22N4O4S/c1-10-12(3)29-20-18(10)19(26)21-16(22-20)9-17(25)24-23-11(2)14-7-6-13(27-4)8-15(14)28-5/h6-8H,9H2,1-5H3,(H,24,25)(H,21,22,26)/b23-11-. The zero-order valence-corrected chi connectivity index (χ0v) is 17.7. The SMILES string of the molecule is COc1ccc(/C(C)=N\NC(=O)Cc2nc3sc(C)c(C)c3c(=O)[nH]2)c(OC)c1. The van der Waals surface area contributed by atoms with Gasteiger partial charge in [0.05, 0.1) is 31.7 Å². The number of benzene rings is 1. The van der Waals surface area contributed by atoms with Gasteiger partial charge in [-0.15, -0.1) is 11.3 Å². The fraction of sp³-hybridized carbons (Fsp3) is 0.300. The van der Waals surface area contributed by atoms with Gasteiger partial charge in [-0.25, -0.2) is 10.4 Å². The van der Waals surface area contributed by atoms with Gasteiger partial charge >= 0.3 is 0 Å². The molecule has 1 aromatic carbocycles. The van der Waals surface area contributed by atoms with Gasteiger partial charge in [0.15, 0.2) is 0 Å². The number of methoxy groups -OCH3 is 2. The lowest BCUT2D eigenvalue weighted by molar-refractivity contribution is -0.120. The number of aromatic nitrogens is 2. The van der Waals surface area contributed by atoms with E-state index >= 15 is 0 Å². The Balaban J connectivity index is 1.76. The van der Waals surface area contributed by atoms with Crippen molar-refractivity contribution in [2.24, 2.45) is 5.10 Å². The summed E-state index contributed by atoms with van der Waals surface area (Å²) >= 11 is 1.44. The minimum absolute atomic E-state index is 0.0856. The fourth-order valence-electron chi connectivity index (χ4n) is 2.88. The number of fused-ring (bicyclic) bond motifs is 1. The maximum Gasteiger partial charge on any atom is 0.259 e. The Morgan fingerprint density at radius 1 is 1.28 bits per heavy atom. The van der Waals surface area contributed by atoms with E-state index in [9.17, 15) is 9.59 Å². The number of carbonyl (C=O) groups is 1. The summed E-state index contributed by atoms with van der Waals surface area (Å²) in [5.74, 6) is 1.16. The van der Waals surface area contributed by atoms with Crippen LogP contribution in [0.1, 0.15) is 28.8 Å². The second-order valence-electron chi connectivity index (χ2n) is 6.45.